The molecule has 16 heavy (non-hydrogen) atoms. The number of hydrogen-bond donors (Lipinski definition) is 1. The fourth-order valence-electron chi connectivity index (χ4n) is 1.21. The predicted molar refractivity (Wildman–Crippen MR) is 56.4 cm³/mol. The van der Waals surface area contributed by atoms with Gasteiger partial charge in [-0.3, -0.25) is 0 Å². The average Bonchev–Trinajstić information content (AvgIpc) is 2.33. The van der Waals surface area contributed by atoms with Crippen LogP contribution in [0.15, 0.2) is 36.5 Å². The smallest absolute Gasteiger partial charge is 0.238 e. The number of nitrogens with zero attached hydrogens (tertiary/aromatic N) is 2. The maximum Gasteiger partial charge on any atom is 0.238 e. The lowest BCUT2D eigenvalue weighted by Crippen LogP contribution is -1.98. The van der Waals surface area contributed by atoms with Crippen molar-refractivity contribution in [3.63, 3.8) is 0 Å². The molecular formula is C11H10FN3O. The van der Waals surface area contributed by atoms with Crippen molar-refractivity contribution in [2.75, 3.05) is 0 Å². The van der Waals surface area contributed by atoms with Gasteiger partial charge in [0.15, 0.2) is 11.6 Å². The van der Waals surface area contributed by atoms with E-state index >= 15 is 0 Å². The minimum atomic E-state index is -0.464. The van der Waals surface area contributed by atoms with Gasteiger partial charge in [0.05, 0.1) is 0 Å². The first-order chi connectivity index (χ1) is 7.79. The fourth-order valence-corrected chi connectivity index (χ4v) is 1.21. The SMILES string of the molecule is NCc1ccc(Oc2cccnn2)c(F)c1. The largest absolute Gasteiger partial charge is 0.434 e. The molecule has 5 heteroatoms. The second kappa shape index (κ2) is 4.67. The van der Waals surface area contributed by atoms with Gasteiger partial charge in [-0.05, 0) is 23.8 Å². The molecule has 0 unspecified atom stereocenters. The van der Waals surface area contributed by atoms with Gasteiger partial charge in [-0.15, -0.1) is 5.10 Å². The van der Waals surface area contributed by atoms with Crippen molar-refractivity contribution in [2.24, 2.45) is 5.73 Å². The van der Waals surface area contributed by atoms with Crippen LogP contribution in [0.25, 0.3) is 0 Å². The van der Waals surface area contributed by atoms with Crippen molar-refractivity contribution >= 4 is 0 Å². The van der Waals surface area contributed by atoms with Gasteiger partial charge in [-0.25, -0.2) is 4.39 Å². The van der Waals surface area contributed by atoms with Crippen LogP contribution in [0.5, 0.6) is 11.6 Å². The summed E-state index contributed by atoms with van der Waals surface area (Å²) in [4.78, 5) is 0. The van der Waals surface area contributed by atoms with Crippen molar-refractivity contribution in [3.05, 3.63) is 47.9 Å². The van der Waals surface area contributed by atoms with E-state index in [2.05, 4.69) is 10.2 Å². The molecule has 1 aromatic carbocycles. The maximum atomic E-state index is 13.5. The molecule has 4 nitrogen and oxygen atoms in total. The average molecular weight is 219 g/mol. The Hall–Kier alpha value is -2.01. The first kappa shape index (κ1) is 10.5. The number of rotatable bonds is 3. The Balaban J connectivity index is 2.22. The number of halogens is 1. The highest BCUT2D eigenvalue weighted by molar-refractivity contribution is 5.31. The van der Waals surface area contributed by atoms with Crippen molar-refractivity contribution in [1.82, 2.24) is 10.2 Å². The van der Waals surface area contributed by atoms with Gasteiger partial charge in [0.1, 0.15) is 0 Å². The van der Waals surface area contributed by atoms with Crippen LogP contribution < -0.4 is 10.5 Å². The van der Waals surface area contributed by atoms with Crippen LogP contribution in [0.3, 0.4) is 0 Å². The van der Waals surface area contributed by atoms with Crippen LogP contribution in [-0.4, -0.2) is 10.2 Å². The quantitative estimate of drug-likeness (QED) is 0.855. The molecule has 0 amide bonds. The van der Waals surface area contributed by atoms with Crippen molar-refractivity contribution < 1.29 is 9.13 Å². The van der Waals surface area contributed by atoms with Crippen LogP contribution in [0.1, 0.15) is 5.56 Å². The van der Waals surface area contributed by atoms with E-state index in [-0.39, 0.29) is 11.6 Å². The molecule has 82 valence electrons. The number of hydrogen-bond acceptors (Lipinski definition) is 4. The van der Waals surface area contributed by atoms with Crippen molar-refractivity contribution in [2.45, 2.75) is 6.54 Å². The topological polar surface area (TPSA) is 61.0 Å². The summed E-state index contributed by atoms with van der Waals surface area (Å²) in [6.45, 7) is 0.294. The van der Waals surface area contributed by atoms with Crippen LogP contribution in [0.4, 0.5) is 4.39 Å². The second-order valence-corrected chi connectivity index (χ2v) is 3.13. The molecule has 0 saturated carbocycles. The third-order valence-electron chi connectivity index (χ3n) is 1.99. The van der Waals surface area contributed by atoms with Gasteiger partial charge < -0.3 is 10.5 Å². The molecule has 0 bridgehead atoms. The maximum absolute atomic E-state index is 13.5. The molecule has 2 rings (SSSR count). The molecule has 0 fully saturated rings. The molecule has 0 aliphatic carbocycles. The first-order valence-electron chi connectivity index (χ1n) is 4.73. The number of benzene rings is 1. The van der Waals surface area contributed by atoms with Crippen molar-refractivity contribution in [1.29, 1.82) is 0 Å². The third kappa shape index (κ3) is 2.32. The molecule has 0 saturated heterocycles. The summed E-state index contributed by atoms with van der Waals surface area (Å²) in [5.41, 5.74) is 6.10. The van der Waals surface area contributed by atoms with E-state index in [0.717, 1.165) is 0 Å². The minimum Gasteiger partial charge on any atom is -0.434 e. The number of ether oxygens (including phenoxy) is 1. The van der Waals surface area contributed by atoms with Gasteiger partial charge in [-0.1, -0.05) is 6.07 Å². The van der Waals surface area contributed by atoms with Crippen molar-refractivity contribution in [3.8, 4) is 11.6 Å². The minimum absolute atomic E-state index is 0.109. The number of nitrogens with two attached hydrogens (primary N) is 1. The Morgan fingerprint density at radius 2 is 2.19 bits per heavy atom. The second-order valence-electron chi connectivity index (χ2n) is 3.13. The van der Waals surface area contributed by atoms with E-state index in [1.165, 1.54) is 18.3 Å². The van der Waals surface area contributed by atoms with Crippen LogP contribution >= 0.6 is 0 Å². The van der Waals surface area contributed by atoms with E-state index in [0.29, 0.717) is 12.1 Å². The molecule has 0 atom stereocenters. The summed E-state index contributed by atoms with van der Waals surface area (Å²) in [6.07, 6.45) is 1.51. The standard InChI is InChI=1S/C11H10FN3O/c12-9-6-8(7-13)3-4-10(9)16-11-2-1-5-14-15-11/h1-6H,7,13H2. The van der Waals surface area contributed by atoms with Gasteiger partial charge in [0.2, 0.25) is 5.88 Å². The highest BCUT2D eigenvalue weighted by atomic mass is 19.1. The highest BCUT2D eigenvalue weighted by Gasteiger charge is 2.06. The summed E-state index contributed by atoms with van der Waals surface area (Å²) >= 11 is 0. The Morgan fingerprint density at radius 1 is 1.31 bits per heavy atom. The summed E-state index contributed by atoms with van der Waals surface area (Å²) < 4.78 is 18.7. The zero-order valence-electron chi connectivity index (χ0n) is 8.43. The Kier molecular flexibility index (Phi) is 3.07. The highest BCUT2D eigenvalue weighted by Crippen LogP contribution is 2.22. The Bertz CT molecular complexity index is 476. The lowest BCUT2D eigenvalue weighted by atomic mass is 10.2. The van der Waals surface area contributed by atoms with Gasteiger partial charge in [-0.2, -0.15) is 5.10 Å². The lowest BCUT2D eigenvalue weighted by Gasteiger charge is -2.05. The summed E-state index contributed by atoms with van der Waals surface area (Å²) in [6, 6.07) is 7.82. The first-order valence-corrected chi connectivity index (χ1v) is 4.73. The van der Waals surface area contributed by atoms with E-state index in [1.54, 1.807) is 18.2 Å². The van der Waals surface area contributed by atoms with E-state index in [1.807, 2.05) is 0 Å². The van der Waals surface area contributed by atoms with Gasteiger partial charge >= 0.3 is 0 Å². The Labute approximate surface area is 91.9 Å². The third-order valence-corrected chi connectivity index (χ3v) is 1.99. The van der Waals surface area contributed by atoms with E-state index in [4.69, 9.17) is 10.5 Å². The molecule has 0 aliphatic heterocycles. The summed E-state index contributed by atoms with van der Waals surface area (Å²) in [5.74, 6) is -0.104. The molecule has 0 radical (unpaired) electrons. The summed E-state index contributed by atoms with van der Waals surface area (Å²) in [5, 5.41) is 7.32. The molecule has 0 aliphatic rings. The normalized spacial score (nSPS) is 10.1. The van der Waals surface area contributed by atoms with Gasteiger partial charge in [0.25, 0.3) is 0 Å². The molecule has 0 spiro atoms. The van der Waals surface area contributed by atoms with Crippen LogP contribution in [0.2, 0.25) is 0 Å². The Morgan fingerprint density at radius 3 is 2.81 bits per heavy atom. The van der Waals surface area contributed by atoms with Gasteiger partial charge in [0, 0.05) is 18.8 Å². The molecule has 2 aromatic rings. The fraction of sp³-hybridized carbons (Fsp3) is 0.0909. The molecule has 1 heterocycles. The summed E-state index contributed by atoms with van der Waals surface area (Å²) in [7, 11) is 0. The van der Waals surface area contributed by atoms with Crippen LogP contribution in [0, 0.1) is 5.82 Å². The van der Waals surface area contributed by atoms with Crippen LogP contribution in [-0.2, 0) is 6.54 Å². The molecule has 2 N–H and O–H groups in total. The molecular weight excluding hydrogens is 209 g/mol. The predicted octanol–water partition coefficient (Wildman–Crippen LogP) is 1.87. The zero-order chi connectivity index (χ0) is 11.4. The van der Waals surface area contributed by atoms with E-state index < -0.39 is 5.82 Å². The van der Waals surface area contributed by atoms with E-state index in [9.17, 15) is 4.39 Å². The monoisotopic (exact) mass is 219 g/mol. The zero-order valence-corrected chi connectivity index (χ0v) is 8.43. The number of aromatic nitrogens is 2. The lowest BCUT2D eigenvalue weighted by molar-refractivity contribution is 0.421. The molecule has 1 aromatic heterocycles.